The van der Waals surface area contributed by atoms with Gasteiger partial charge in [-0.1, -0.05) is 187 Å². The molecular weight excluding hydrogens is 608 g/mol. The lowest BCUT2D eigenvalue weighted by Crippen LogP contribution is -2.21. The fourth-order valence-corrected chi connectivity index (χ4v) is 7.97. The van der Waals surface area contributed by atoms with Gasteiger partial charge >= 0.3 is 0 Å². The van der Waals surface area contributed by atoms with Gasteiger partial charge in [0.15, 0.2) is 0 Å². The summed E-state index contributed by atoms with van der Waals surface area (Å²) in [6.45, 7) is 44.1. The first-order valence-electron chi connectivity index (χ1n) is 21.8. The molecule has 0 amide bonds. The first kappa shape index (κ1) is 53.6. The van der Waals surface area contributed by atoms with E-state index in [1.807, 2.05) is 13.8 Å². The fourth-order valence-electron chi connectivity index (χ4n) is 7.97. The van der Waals surface area contributed by atoms with Gasteiger partial charge in [-0.05, 0) is 110 Å². The van der Waals surface area contributed by atoms with Gasteiger partial charge < -0.3 is 0 Å². The first-order chi connectivity index (χ1) is 23.1. The summed E-state index contributed by atoms with van der Waals surface area (Å²) < 4.78 is 14.0. The molecule has 2 aliphatic rings. The molecule has 50 heavy (non-hydrogen) atoms. The second-order valence-corrected chi connectivity index (χ2v) is 19.2. The van der Waals surface area contributed by atoms with Crippen molar-refractivity contribution in [1.29, 1.82) is 0 Å². The van der Waals surface area contributed by atoms with Crippen LogP contribution in [0, 0.1) is 82.9 Å². The van der Waals surface area contributed by atoms with E-state index < -0.39 is 6.17 Å². The molecule has 0 aromatic rings. The van der Waals surface area contributed by atoms with E-state index >= 15 is 0 Å². The van der Waals surface area contributed by atoms with Crippen LogP contribution in [0.15, 0.2) is 12.2 Å². The maximum atomic E-state index is 14.0. The first-order valence-corrected chi connectivity index (χ1v) is 21.8. The van der Waals surface area contributed by atoms with E-state index in [1.165, 1.54) is 77.0 Å². The molecule has 2 saturated carbocycles. The van der Waals surface area contributed by atoms with Gasteiger partial charge in [0, 0.05) is 0 Å². The Bertz CT molecular complexity index is 800. The monoisotopic (exact) mass is 705 g/mol. The Balaban J connectivity index is -0.000000588. The number of allylic oxidation sites excluding steroid dienone is 1. The zero-order chi connectivity index (χ0) is 39.6. The minimum absolute atomic E-state index is 0.180. The summed E-state index contributed by atoms with van der Waals surface area (Å²) in [4.78, 5) is 0. The van der Waals surface area contributed by atoms with Gasteiger partial charge in [-0.15, -0.1) is 12.3 Å². The molecule has 0 spiro atoms. The molecule has 2 rings (SSSR count). The number of rotatable bonds is 16. The van der Waals surface area contributed by atoms with Crippen molar-refractivity contribution in [2.24, 2.45) is 70.5 Å². The minimum Gasteiger partial charge on any atom is -0.247 e. The molecular formula is C49H97F. The SMILES string of the molecule is C#CC.C=C(C)C(C)C(C)CC(F)C(C)CC(C)C.CC(C)CC1CCCCC1.CCC(C(C)C)C1CC1C(C)(C)C.CCCCC(C)CC. The molecule has 8 unspecified atom stereocenters. The molecule has 0 heterocycles. The second-order valence-electron chi connectivity index (χ2n) is 19.2. The van der Waals surface area contributed by atoms with Crippen LogP contribution in [0.4, 0.5) is 4.39 Å². The fraction of sp³-hybridized carbons (Fsp3) is 0.918. The smallest absolute Gasteiger partial charge is 0.103 e. The van der Waals surface area contributed by atoms with Gasteiger partial charge in [0.25, 0.3) is 0 Å². The summed E-state index contributed by atoms with van der Waals surface area (Å²) in [6.07, 6.45) is 23.0. The van der Waals surface area contributed by atoms with Crippen LogP contribution in [0.5, 0.6) is 0 Å². The molecule has 0 radical (unpaired) electrons. The third-order valence-corrected chi connectivity index (χ3v) is 11.8. The van der Waals surface area contributed by atoms with E-state index in [9.17, 15) is 4.39 Å². The Hall–Kier alpha value is -0.770. The van der Waals surface area contributed by atoms with E-state index in [2.05, 4.69) is 123 Å². The van der Waals surface area contributed by atoms with Crippen LogP contribution in [0.2, 0.25) is 0 Å². The van der Waals surface area contributed by atoms with Crippen molar-refractivity contribution >= 4 is 0 Å². The van der Waals surface area contributed by atoms with E-state index in [1.54, 1.807) is 6.92 Å². The number of terminal acetylenes is 1. The summed E-state index contributed by atoms with van der Waals surface area (Å²) in [5, 5.41) is 0. The molecule has 0 nitrogen and oxygen atoms in total. The highest BCUT2D eigenvalue weighted by molar-refractivity contribution is 4.98. The molecule has 0 aromatic carbocycles. The predicted molar refractivity (Wildman–Crippen MR) is 230 cm³/mol. The predicted octanol–water partition coefficient (Wildman–Crippen LogP) is 17.1. The van der Waals surface area contributed by atoms with Crippen LogP contribution in [0.25, 0.3) is 0 Å². The molecule has 300 valence electrons. The van der Waals surface area contributed by atoms with Crippen molar-refractivity contribution in [3.05, 3.63) is 12.2 Å². The highest BCUT2D eigenvalue weighted by Gasteiger charge is 2.48. The van der Waals surface area contributed by atoms with Crippen LogP contribution in [-0.4, -0.2) is 6.17 Å². The molecule has 0 aromatic heterocycles. The van der Waals surface area contributed by atoms with Gasteiger partial charge in [-0.25, -0.2) is 4.39 Å². The third kappa shape index (κ3) is 28.8. The largest absolute Gasteiger partial charge is 0.247 e. The average molecular weight is 705 g/mol. The zero-order valence-electron chi connectivity index (χ0n) is 38.0. The lowest BCUT2D eigenvalue weighted by molar-refractivity contribution is 0.169. The van der Waals surface area contributed by atoms with Crippen LogP contribution in [0.3, 0.4) is 0 Å². The van der Waals surface area contributed by atoms with Crippen LogP contribution in [-0.2, 0) is 0 Å². The molecule has 2 fully saturated rings. The third-order valence-electron chi connectivity index (χ3n) is 11.8. The maximum Gasteiger partial charge on any atom is 0.103 e. The standard InChI is InChI=1S/C15H29F.C13H26.C10H20.C8H18.C3H4/c1-10(2)8-13(6)15(16)9-12(5)14(7)11(3)4;1-7-10(9(2)3)11-8-12(11)13(4,5)6;1-9(2)8-10-6-4-3-5-7-10;1-4-6-7-8(3)5-2;1-3-2/h10,12-15H,3,8-9H2,1-2,4-7H3;9-12H,7-8H2,1-6H3;9-10H,3-8H2,1-2H3;8H,4-7H2,1-3H3;1H,2H3. The number of hydrogen-bond donors (Lipinski definition) is 0. The number of halogens is 1. The van der Waals surface area contributed by atoms with Crippen LogP contribution < -0.4 is 0 Å². The zero-order valence-corrected chi connectivity index (χ0v) is 38.0. The summed E-state index contributed by atoms with van der Waals surface area (Å²) in [5.41, 5.74) is 1.71. The Morgan fingerprint density at radius 2 is 1.34 bits per heavy atom. The molecule has 1 heteroatoms. The number of unbranched alkanes of at least 4 members (excludes halogenated alkanes) is 1. The number of hydrogen-bond acceptors (Lipinski definition) is 0. The minimum atomic E-state index is -0.667. The topological polar surface area (TPSA) is 0 Å². The van der Waals surface area contributed by atoms with Gasteiger partial charge in [-0.2, -0.15) is 0 Å². The van der Waals surface area contributed by atoms with E-state index in [4.69, 9.17) is 0 Å². The van der Waals surface area contributed by atoms with E-state index in [0.717, 1.165) is 53.4 Å². The van der Waals surface area contributed by atoms with Crippen LogP contribution >= 0.6 is 0 Å². The van der Waals surface area contributed by atoms with Crippen molar-refractivity contribution in [3.63, 3.8) is 0 Å². The Morgan fingerprint density at radius 3 is 1.68 bits per heavy atom. The van der Waals surface area contributed by atoms with Crippen molar-refractivity contribution in [3.8, 4) is 12.3 Å². The lowest BCUT2D eigenvalue weighted by Gasteiger charge is -2.25. The Morgan fingerprint density at radius 1 is 0.820 bits per heavy atom. The van der Waals surface area contributed by atoms with Gasteiger partial charge in [0.05, 0.1) is 0 Å². The summed E-state index contributed by atoms with van der Waals surface area (Å²) in [5.74, 6) is 10.7. The van der Waals surface area contributed by atoms with Crippen LogP contribution in [0.1, 0.15) is 215 Å². The van der Waals surface area contributed by atoms with Crippen molar-refractivity contribution < 1.29 is 4.39 Å². The van der Waals surface area contributed by atoms with E-state index in [-0.39, 0.29) is 5.92 Å². The van der Waals surface area contributed by atoms with Gasteiger partial charge in [-0.3, -0.25) is 0 Å². The normalized spacial score (nSPS) is 20.9. The summed E-state index contributed by atoms with van der Waals surface area (Å²) >= 11 is 0. The van der Waals surface area contributed by atoms with Crippen molar-refractivity contribution in [1.82, 2.24) is 0 Å². The molecule has 2 aliphatic carbocycles. The molecule has 8 atom stereocenters. The molecule has 0 bridgehead atoms. The highest BCUT2D eigenvalue weighted by atomic mass is 19.1. The maximum absolute atomic E-state index is 14.0. The highest BCUT2D eigenvalue weighted by Crippen LogP contribution is 2.56. The Kier molecular flexibility index (Phi) is 32.9. The number of alkyl halides is 1. The molecule has 0 saturated heterocycles. The molecule has 0 aliphatic heterocycles. The van der Waals surface area contributed by atoms with Crippen molar-refractivity contribution in [2.45, 2.75) is 221 Å². The summed E-state index contributed by atoms with van der Waals surface area (Å²) in [6, 6.07) is 0. The molecule has 0 N–H and O–H groups in total. The summed E-state index contributed by atoms with van der Waals surface area (Å²) in [7, 11) is 0. The van der Waals surface area contributed by atoms with Crippen molar-refractivity contribution in [2.75, 3.05) is 0 Å². The lowest BCUT2D eigenvalue weighted by atomic mass is 9.82. The van der Waals surface area contributed by atoms with Gasteiger partial charge in [0.1, 0.15) is 6.17 Å². The van der Waals surface area contributed by atoms with Gasteiger partial charge in [0.2, 0.25) is 0 Å². The second kappa shape index (κ2) is 30.7. The van der Waals surface area contributed by atoms with E-state index in [0.29, 0.717) is 29.6 Å². The Labute approximate surface area is 319 Å². The average Bonchev–Trinajstić information content (AvgIpc) is 3.82. The quantitative estimate of drug-likeness (QED) is 0.111.